The first-order valence-electron chi connectivity index (χ1n) is 6.60. The Kier molecular flexibility index (Phi) is 3.07. The van der Waals surface area contributed by atoms with Crippen LogP contribution in [0.1, 0.15) is 51.2 Å². The molecule has 1 saturated carbocycles. The molecule has 0 radical (unpaired) electrons. The van der Waals surface area contributed by atoms with Gasteiger partial charge in [0, 0.05) is 0 Å². The van der Waals surface area contributed by atoms with E-state index in [4.69, 9.17) is 0 Å². The molecule has 1 aliphatic rings. The van der Waals surface area contributed by atoms with Crippen LogP contribution in [0.25, 0.3) is 0 Å². The molecule has 17 heavy (non-hydrogen) atoms. The largest absolute Gasteiger partial charge is 0.385 e. The molecule has 1 N–H and O–H groups in total. The molecule has 0 heterocycles. The third-order valence-electron chi connectivity index (χ3n) is 3.91. The smallest absolute Gasteiger partial charge is 0.0904 e. The molecule has 2 atom stereocenters. The summed E-state index contributed by atoms with van der Waals surface area (Å²) in [5, 5.41) is 11.0. The van der Waals surface area contributed by atoms with Gasteiger partial charge in [0.25, 0.3) is 0 Å². The first-order valence-corrected chi connectivity index (χ1v) is 6.60. The molecule has 1 aliphatic carbocycles. The van der Waals surface area contributed by atoms with Crippen molar-refractivity contribution >= 4 is 0 Å². The lowest BCUT2D eigenvalue weighted by Gasteiger charge is -2.45. The van der Waals surface area contributed by atoms with Gasteiger partial charge < -0.3 is 5.11 Å². The van der Waals surface area contributed by atoms with Crippen LogP contribution in [-0.2, 0) is 5.60 Å². The fourth-order valence-electron chi connectivity index (χ4n) is 3.68. The molecule has 0 aromatic heterocycles. The zero-order valence-electron chi connectivity index (χ0n) is 11.5. The molecule has 1 aromatic carbocycles. The molecule has 0 bridgehead atoms. The fourth-order valence-corrected chi connectivity index (χ4v) is 3.68. The van der Waals surface area contributed by atoms with E-state index in [-0.39, 0.29) is 5.41 Å². The Morgan fingerprint density at radius 1 is 1.24 bits per heavy atom. The summed E-state index contributed by atoms with van der Waals surface area (Å²) in [6.07, 6.45) is 2.97. The Bertz CT molecular complexity index is 408. The molecule has 1 nitrogen and oxygen atoms in total. The van der Waals surface area contributed by atoms with E-state index in [1.54, 1.807) is 0 Å². The van der Waals surface area contributed by atoms with Crippen molar-refractivity contribution in [3.05, 3.63) is 35.4 Å². The summed E-state index contributed by atoms with van der Waals surface area (Å²) in [6.45, 7) is 8.87. The summed E-state index contributed by atoms with van der Waals surface area (Å²) in [6, 6.07) is 8.34. The van der Waals surface area contributed by atoms with Crippen LogP contribution >= 0.6 is 0 Å². The molecule has 0 aliphatic heterocycles. The van der Waals surface area contributed by atoms with E-state index >= 15 is 0 Å². The summed E-state index contributed by atoms with van der Waals surface area (Å²) in [4.78, 5) is 0. The molecule has 1 heteroatoms. The van der Waals surface area contributed by atoms with Crippen molar-refractivity contribution in [2.75, 3.05) is 0 Å². The number of benzene rings is 1. The van der Waals surface area contributed by atoms with Crippen molar-refractivity contribution in [1.82, 2.24) is 0 Å². The second kappa shape index (κ2) is 4.13. The zero-order chi connectivity index (χ0) is 12.7. The lowest BCUT2D eigenvalue weighted by atomic mass is 9.64. The molecule has 0 saturated heterocycles. The maximum absolute atomic E-state index is 11.0. The Morgan fingerprint density at radius 2 is 1.94 bits per heavy atom. The predicted molar refractivity (Wildman–Crippen MR) is 71.9 cm³/mol. The van der Waals surface area contributed by atoms with Crippen LogP contribution < -0.4 is 0 Å². The Labute approximate surface area is 105 Å². The van der Waals surface area contributed by atoms with Gasteiger partial charge in [0.1, 0.15) is 0 Å². The Balaban J connectivity index is 2.35. The van der Waals surface area contributed by atoms with E-state index < -0.39 is 5.60 Å². The highest BCUT2D eigenvalue weighted by Crippen LogP contribution is 2.48. The first-order chi connectivity index (χ1) is 7.81. The number of hydrogen-bond acceptors (Lipinski definition) is 1. The number of aliphatic hydroxyl groups is 1. The first kappa shape index (κ1) is 12.6. The zero-order valence-corrected chi connectivity index (χ0v) is 11.5. The van der Waals surface area contributed by atoms with Gasteiger partial charge in [-0.2, -0.15) is 0 Å². The summed E-state index contributed by atoms with van der Waals surface area (Å²) in [7, 11) is 0. The van der Waals surface area contributed by atoms with Crippen molar-refractivity contribution in [3.8, 4) is 0 Å². The quantitative estimate of drug-likeness (QED) is 0.775. The summed E-state index contributed by atoms with van der Waals surface area (Å²) in [5.74, 6) is 0.587. The molecular formula is C16H24O. The van der Waals surface area contributed by atoms with Crippen LogP contribution in [0.4, 0.5) is 0 Å². The minimum atomic E-state index is -0.632. The van der Waals surface area contributed by atoms with Crippen molar-refractivity contribution in [1.29, 1.82) is 0 Å². The van der Waals surface area contributed by atoms with Crippen LogP contribution in [-0.4, -0.2) is 5.11 Å². The number of rotatable bonds is 1. The van der Waals surface area contributed by atoms with Gasteiger partial charge in [0.05, 0.1) is 5.60 Å². The molecule has 0 spiro atoms. The second-order valence-electron chi connectivity index (χ2n) is 6.76. The molecular weight excluding hydrogens is 208 g/mol. The van der Waals surface area contributed by atoms with E-state index in [9.17, 15) is 5.11 Å². The van der Waals surface area contributed by atoms with Crippen LogP contribution in [0.3, 0.4) is 0 Å². The molecule has 2 rings (SSSR count). The van der Waals surface area contributed by atoms with Gasteiger partial charge in [-0.1, -0.05) is 50.6 Å². The Morgan fingerprint density at radius 3 is 2.53 bits per heavy atom. The highest BCUT2D eigenvalue weighted by Gasteiger charge is 2.42. The maximum Gasteiger partial charge on any atom is 0.0904 e. The maximum atomic E-state index is 11.0. The van der Waals surface area contributed by atoms with Gasteiger partial charge in [-0.05, 0) is 43.1 Å². The lowest BCUT2D eigenvalue weighted by molar-refractivity contribution is -0.0635. The molecule has 1 aromatic rings. The lowest BCUT2D eigenvalue weighted by Crippen LogP contribution is -2.39. The number of hydrogen-bond donors (Lipinski definition) is 1. The minimum absolute atomic E-state index is 0.232. The van der Waals surface area contributed by atoms with Crippen molar-refractivity contribution < 1.29 is 5.11 Å². The normalized spacial score (nSPS) is 32.4. The van der Waals surface area contributed by atoms with Crippen molar-refractivity contribution in [2.24, 2.45) is 11.3 Å². The van der Waals surface area contributed by atoms with Gasteiger partial charge in [0.2, 0.25) is 0 Å². The third-order valence-corrected chi connectivity index (χ3v) is 3.91. The predicted octanol–water partition coefficient (Wildman–Crippen LogP) is 4.03. The minimum Gasteiger partial charge on any atom is -0.385 e. The van der Waals surface area contributed by atoms with Crippen LogP contribution in [0.5, 0.6) is 0 Å². The van der Waals surface area contributed by atoms with Crippen molar-refractivity contribution in [3.63, 3.8) is 0 Å². The highest BCUT2D eigenvalue weighted by molar-refractivity contribution is 5.28. The molecule has 1 fully saturated rings. The van der Waals surface area contributed by atoms with Gasteiger partial charge in [0.15, 0.2) is 0 Å². The summed E-state index contributed by atoms with van der Waals surface area (Å²) in [5.41, 5.74) is 1.92. The average molecular weight is 232 g/mol. The third kappa shape index (κ3) is 2.71. The van der Waals surface area contributed by atoms with Gasteiger partial charge in [-0.3, -0.25) is 0 Å². The SMILES string of the molecule is Cc1cccc(C2(O)CC(C)CC(C)(C)C2)c1. The number of aryl methyl sites for hydroxylation is 1. The molecule has 94 valence electrons. The fraction of sp³-hybridized carbons (Fsp3) is 0.625. The van der Waals surface area contributed by atoms with Crippen LogP contribution in [0, 0.1) is 18.3 Å². The van der Waals surface area contributed by atoms with Crippen LogP contribution in [0.2, 0.25) is 0 Å². The van der Waals surface area contributed by atoms with E-state index in [1.165, 1.54) is 12.0 Å². The topological polar surface area (TPSA) is 20.2 Å². The van der Waals surface area contributed by atoms with Crippen LogP contribution in [0.15, 0.2) is 24.3 Å². The molecule has 2 unspecified atom stereocenters. The van der Waals surface area contributed by atoms with E-state index in [2.05, 4.69) is 52.0 Å². The van der Waals surface area contributed by atoms with Crippen molar-refractivity contribution in [2.45, 2.75) is 52.6 Å². The molecule has 0 amide bonds. The summed E-state index contributed by atoms with van der Waals surface area (Å²) >= 11 is 0. The van der Waals surface area contributed by atoms with Gasteiger partial charge >= 0.3 is 0 Å². The Hall–Kier alpha value is -0.820. The van der Waals surface area contributed by atoms with E-state index in [1.807, 2.05) is 0 Å². The highest BCUT2D eigenvalue weighted by atomic mass is 16.3. The van der Waals surface area contributed by atoms with E-state index in [0.29, 0.717) is 5.92 Å². The second-order valence-corrected chi connectivity index (χ2v) is 6.76. The van der Waals surface area contributed by atoms with Gasteiger partial charge in [-0.25, -0.2) is 0 Å². The monoisotopic (exact) mass is 232 g/mol. The van der Waals surface area contributed by atoms with E-state index in [0.717, 1.165) is 18.4 Å². The van der Waals surface area contributed by atoms with Gasteiger partial charge in [-0.15, -0.1) is 0 Å². The standard InChI is InChI=1S/C16H24O/c1-12-6-5-7-14(8-12)16(17)10-13(2)9-15(3,4)11-16/h5-8,13,17H,9-11H2,1-4H3. The summed E-state index contributed by atoms with van der Waals surface area (Å²) < 4.78 is 0. The average Bonchev–Trinajstić information content (AvgIpc) is 2.13.